The van der Waals surface area contributed by atoms with Gasteiger partial charge in [-0.1, -0.05) is 0 Å². The topological polar surface area (TPSA) is 80.4 Å². The van der Waals surface area contributed by atoms with Crippen molar-refractivity contribution in [1.29, 1.82) is 0 Å². The summed E-state index contributed by atoms with van der Waals surface area (Å²) in [6, 6.07) is 2.72. The van der Waals surface area contributed by atoms with Crippen LogP contribution in [0.5, 0.6) is 5.75 Å². The Morgan fingerprint density at radius 3 is 2.63 bits per heavy atom. The monoisotopic (exact) mass is 411 g/mol. The largest absolute Gasteiger partial charge is 0.487 e. The van der Waals surface area contributed by atoms with Crippen LogP contribution in [0.2, 0.25) is 0 Å². The van der Waals surface area contributed by atoms with E-state index in [1.807, 2.05) is 24.6 Å². The van der Waals surface area contributed by atoms with E-state index in [0.29, 0.717) is 18.6 Å². The summed E-state index contributed by atoms with van der Waals surface area (Å²) in [6.45, 7) is 3.93. The molecule has 0 saturated heterocycles. The number of aromatic nitrogens is 3. The van der Waals surface area contributed by atoms with E-state index in [4.69, 9.17) is 4.74 Å². The van der Waals surface area contributed by atoms with Crippen LogP contribution in [0.4, 0.5) is 4.39 Å². The number of halogens is 1. The first-order chi connectivity index (χ1) is 14.5. The highest BCUT2D eigenvalue weighted by Crippen LogP contribution is 2.39. The van der Waals surface area contributed by atoms with Crippen molar-refractivity contribution in [3.05, 3.63) is 52.9 Å². The lowest BCUT2D eigenvalue weighted by Gasteiger charge is -2.24. The van der Waals surface area contributed by atoms with Crippen LogP contribution in [0, 0.1) is 19.7 Å². The summed E-state index contributed by atoms with van der Waals surface area (Å²) in [7, 11) is 0. The third kappa shape index (κ3) is 2.99. The van der Waals surface area contributed by atoms with Gasteiger partial charge >= 0.3 is 0 Å². The van der Waals surface area contributed by atoms with Gasteiger partial charge in [-0.15, -0.1) is 0 Å². The number of hydrogen-bond donors (Lipinski definition) is 2. The summed E-state index contributed by atoms with van der Waals surface area (Å²) in [5.74, 6) is 0.431. The SMILES string of the molecule is Cc1cn(C2CC(Oc3ccc(F)c4c3CCCC4)[C@@H](O)[C@H]2O)c2ncnc(C)c12. The molecule has 2 heterocycles. The van der Waals surface area contributed by atoms with Gasteiger partial charge in [0.25, 0.3) is 0 Å². The number of aryl methyl sites for hydroxylation is 2. The molecule has 1 aromatic carbocycles. The number of aliphatic hydroxyl groups is 2. The lowest BCUT2D eigenvalue weighted by atomic mass is 9.90. The Kier molecular flexibility index (Phi) is 4.75. The Balaban J connectivity index is 1.46. The van der Waals surface area contributed by atoms with Crippen LogP contribution in [-0.2, 0) is 12.8 Å². The standard InChI is InChI=1S/C23H26FN3O3/c1-12-10-27(23-20(12)13(2)25-11-26-23)17-9-19(22(29)21(17)28)30-18-8-7-16(24)14-5-3-4-6-15(14)18/h7-8,10-11,17,19,21-22,28-29H,3-6,9H2,1-2H3/t17?,19?,21-,22+/m0/s1. The summed E-state index contributed by atoms with van der Waals surface area (Å²) >= 11 is 0. The van der Waals surface area contributed by atoms with Crippen molar-refractivity contribution >= 4 is 11.0 Å². The fraction of sp³-hybridized carbons (Fsp3) is 0.478. The zero-order valence-corrected chi connectivity index (χ0v) is 17.2. The first-order valence-electron chi connectivity index (χ1n) is 10.6. The van der Waals surface area contributed by atoms with Crippen LogP contribution in [0.3, 0.4) is 0 Å². The predicted molar refractivity (Wildman–Crippen MR) is 110 cm³/mol. The van der Waals surface area contributed by atoms with Crippen LogP contribution in [-0.4, -0.2) is 43.1 Å². The van der Waals surface area contributed by atoms with Gasteiger partial charge in [0.15, 0.2) is 0 Å². The second-order valence-electron chi connectivity index (χ2n) is 8.53. The minimum absolute atomic E-state index is 0.189. The summed E-state index contributed by atoms with van der Waals surface area (Å²) in [5.41, 5.74) is 4.28. The third-order valence-electron chi connectivity index (χ3n) is 6.66. The van der Waals surface area contributed by atoms with E-state index in [1.165, 1.54) is 12.4 Å². The van der Waals surface area contributed by atoms with E-state index in [-0.39, 0.29) is 11.9 Å². The Labute approximate surface area is 174 Å². The molecule has 0 bridgehead atoms. The van der Waals surface area contributed by atoms with Gasteiger partial charge in [-0.25, -0.2) is 14.4 Å². The number of aliphatic hydroxyl groups excluding tert-OH is 2. The van der Waals surface area contributed by atoms with Crippen LogP contribution in [0.15, 0.2) is 24.7 Å². The molecule has 3 aromatic rings. The van der Waals surface area contributed by atoms with E-state index >= 15 is 0 Å². The number of ether oxygens (including phenoxy) is 1. The van der Waals surface area contributed by atoms with Gasteiger partial charge in [0.1, 0.15) is 41.9 Å². The van der Waals surface area contributed by atoms with Crippen molar-refractivity contribution in [2.24, 2.45) is 0 Å². The van der Waals surface area contributed by atoms with Crippen LogP contribution >= 0.6 is 0 Å². The fourth-order valence-corrected chi connectivity index (χ4v) is 5.13. The number of hydrogen-bond acceptors (Lipinski definition) is 5. The second kappa shape index (κ2) is 7.32. The maximum absolute atomic E-state index is 14.2. The molecule has 0 aliphatic heterocycles. The maximum Gasteiger partial charge on any atom is 0.144 e. The van der Waals surface area contributed by atoms with Crippen molar-refractivity contribution < 1.29 is 19.3 Å². The van der Waals surface area contributed by atoms with Gasteiger partial charge in [-0.3, -0.25) is 0 Å². The molecule has 5 rings (SSSR count). The van der Waals surface area contributed by atoms with Crippen molar-refractivity contribution in [2.45, 2.75) is 70.3 Å². The molecule has 2 aliphatic rings. The molecular formula is C23H26FN3O3. The zero-order chi connectivity index (χ0) is 21.0. The quantitative estimate of drug-likeness (QED) is 0.692. The Bertz CT molecular complexity index is 1110. The molecule has 1 saturated carbocycles. The van der Waals surface area contributed by atoms with Gasteiger partial charge in [-0.2, -0.15) is 0 Å². The molecule has 0 amide bonds. The molecule has 4 atom stereocenters. The predicted octanol–water partition coefficient (Wildman–Crippen LogP) is 3.18. The Morgan fingerprint density at radius 1 is 1.07 bits per heavy atom. The van der Waals surface area contributed by atoms with Crippen molar-refractivity contribution in [1.82, 2.24) is 14.5 Å². The van der Waals surface area contributed by atoms with E-state index < -0.39 is 18.3 Å². The molecule has 2 aromatic heterocycles. The van der Waals surface area contributed by atoms with Crippen molar-refractivity contribution in [3.63, 3.8) is 0 Å². The van der Waals surface area contributed by atoms with Gasteiger partial charge in [0.2, 0.25) is 0 Å². The summed E-state index contributed by atoms with van der Waals surface area (Å²) in [4.78, 5) is 8.69. The lowest BCUT2D eigenvalue weighted by molar-refractivity contribution is -0.0166. The molecule has 2 aliphatic carbocycles. The molecule has 158 valence electrons. The highest BCUT2D eigenvalue weighted by Gasteiger charge is 2.45. The smallest absolute Gasteiger partial charge is 0.144 e. The molecular weight excluding hydrogens is 385 g/mol. The molecule has 6 nitrogen and oxygen atoms in total. The Hall–Kier alpha value is -2.51. The molecule has 0 radical (unpaired) electrons. The molecule has 0 spiro atoms. The molecule has 1 fully saturated rings. The minimum atomic E-state index is -1.04. The van der Waals surface area contributed by atoms with Gasteiger partial charge < -0.3 is 19.5 Å². The molecule has 2 N–H and O–H groups in total. The van der Waals surface area contributed by atoms with Gasteiger partial charge in [-0.05, 0) is 62.8 Å². The molecule has 30 heavy (non-hydrogen) atoms. The average Bonchev–Trinajstić information content (AvgIpc) is 3.22. The fourth-order valence-electron chi connectivity index (χ4n) is 5.13. The van der Waals surface area contributed by atoms with Gasteiger partial charge in [0.05, 0.1) is 11.7 Å². The van der Waals surface area contributed by atoms with Crippen molar-refractivity contribution in [2.75, 3.05) is 0 Å². The normalized spacial score (nSPS) is 26.2. The van der Waals surface area contributed by atoms with E-state index in [1.54, 1.807) is 6.07 Å². The van der Waals surface area contributed by atoms with E-state index in [9.17, 15) is 14.6 Å². The highest BCUT2D eigenvalue weighted by atomic mass is 19.1. The maximum atomic E-state index is 14.2. The number of benzene rings is 1. The van der Waals surface area contributed by atoms with E-state index in [2.05, 4.69) is 9.97 Å². The van der Waals surface area contributed by atoms with Crippen LogP contribution in [0.1, 0.15) is 47.7 Å². The third-order valence-corrected chi connectivity index (χ3v) is 6.66. The summed E-state index contributed by atoms with van der Waals surface area (Å²) < 4.78 is 22.3. The second-order valence-corrected chi connectivity index (χ2v) is 8.53. The molecule has 7 heteroatoms. The highest BCUT2D eigenvalue weighted by molar-refractivity contribution is 5.82. The Morgan fingerprint density at radius 2 is 1.83 bits per heavy atom. The summed E-state index contributed by atoms with van der Waals surface area (Å²) in [5, 5.41) is 22.5. The number of nitrogens with zero attached hydrogens (tertiary/aromatic N) is 3. The minimum Gasteiger partial charge on any atom is -0.487 e. The van der Waals surface area contributed by atoms with Gasteiger partial charge in [0, 0.05) is 23.6 Å². The first-order valence-corrected chi connectivity index (χ1v) is 10.6. The lowest BCUT2D eigenvalue weighted by Crippen LogP contribution is -2.34. The summed E-state index contributed by atoms with van der Waals surface area (Å²) in [6.07, 6.45) is 4.75. The number of rotatable bonds is 3. The molecule has 2 unspecified atom stereocenters. The average molecular weight is 411 g/mol. The van der Waals surface area contributed by atoms with E-state index in [0.717, 1.165) is 52.7 Å². The van der Waals surface area contributed by atoms with Crippen LogP contribution < -0.4 is 4.74 Å². The van der Waals surface area contributed by atoms with Crippen LogP contribution in [0.25, 0.3) is 11.0 Å². The number of fused-ring (bicyclic) bond motifs is 2. The zero-order valence-electron chi connectivity index (χ0n) is 17.2. The van der Waals surface area contributed by atoms with Crippen molar-refractivity contribution in [3.8, 4) is 5.75 Å². The first kappa shape index (κ1) is 19.5.